The van der Waals surface area contributed by atoms with E-state index >= 15 is 0 Å². The zero-order valence-corrected chi connectivity index (χ0v) is 21.4. The lowest BCUT2D eigenvalue weighted by molar-refractivity contribution is -0.113. The lowest BCUT2D eigenvalue weighted by Crippen LogP contribution is -2.30. The van der Waals surface area contributed by atoms with Gasteiger partial charge in [-0.2, -0.15) is 0 Å². The van der Waals surface area contributed by atoms with Crippen LogP contribution >= 0.6 is 11.8 Å². The summed E-state index contributed by atoms with van der Waals surface area (Å²) < 4.78 is 0. The normalized spacial score (nSPS) is 14.7. The van der Waals surface area contributed by atoms with E-state index in [-0.39, 0.29) is 17.4 Å². The molecular formula is C30H30N2O2S. The number of thioether (sulfide) groups is 1. The molecule has 0 unspecified atom stereocenters. The quantitative estimate of drug-likeness (QED) is 0.268. The summed E-state index contributed by atoms with van der Waals surface area (Å²) in [6, 6.07) is 23.6. The number of benzene rings is 3. The highest BCUT2D eigenvalue weighted by Gasteiger charge is 2.32. The van der Waals surface area contributed by atoms with Crippen molar-refractivity contribution < 1.29 is 9.59 Å². The molecule has 0 aliphatic carbocycles. The van der Waals surface area contributed by atoms with Gasteiger partial charge in [0.15, 0.2) is 11.0 Å². The number of aliphatic imine (C=N–C) groups is 1. The largest absolute Gasteiger partial charge is 0.293 e. The average molecular weight is 483 g/mol. The number of amides is 1. The predicted octanol–water partition coefficient (Wildman–Crippen LogP) is 7.04. The highest BCUT2D eigenvalue weighted by Crippen LogP contribution is 2.30. The zero-order chi connectivity index (χ0) is 24.9. The molecule has 1 aliphatic rings. The van der Waals surface area contributed by atoms with Crippen molar-refractivity contribution in [2.24, 2.45) is 4.99 Å². The molecule has 3 aromatic carbocycles. The Kier molecular flexibility index (Phi) is 7.67. The van der Waals surface area contributed by atoms with Crippen LogP contribution in [-0.2, 0) is 11.2 Å². The van der Waals surface area contributed by atoms with Crippen molar-refractivity contribution in [1.82, 2.24) is 0 Å². The highest BCUT2D eigenvalue weighted by molar-refractivity contribution is 8.14. The van der Waals surface area contributed by atoms with E-state index < -0.39 is 0 Å². The first kappa shape index (κ1) is 24.7. The minimum absolute atomic E-state index is 0.0124. The van der Waals surface area contributed by atoms with Crippen LogP contribution in [0.5, 0.6) is 0 Å². The minimum atomic E-state index is -0.191. The number of rotatable bonds is 7. The standard InChI is InChI=1S/C30H30N2O2S/c1-5-22-8-14-25(15-9-22)28(33)19-35-30-31-27(18-23-10-12-24(13-11-23)20(2)3)29(34)32(30)26-16-6-21(4)7-17-26/h6-18,20H,5,19H2,1-4H3/b27-18+. The molecule has 0 atom stereocenters. The van der Waals surface area contributed by atoms with Gasteiger partial charge < -0.3 is 0 Å². The third kappa shape index (κ3) is 5.80. The number of Topliss-reactive ketones (excluding diaryl/α,β-unsaturated/α-hetero) is 1. The summed E-state index contributed by atoms with van der Waals surface area (Å²) in [6.45, 7) is 8.40. The van der Waals surface area contributed by atoms with Crippen LogP contribution in [-0.4, -0.2) is 22.6 Å². The van der Waals surface area contributed by atoms with Crippen molar-refractivity contribution in [3.63, 3.8) is 0 Å². The van der Waals surface area contributed by atoms with Gasteiger partial charge in [0.1, 0.15) is 5.70 Å². The van der Waals surface area contributed by atoms with Gasteiger partial charge in [0.2, 0.25) is 0 Å². The van der Waals surface area contributed by atoms with Crippen LogP contribution in [0.1, 0.15) is 59.3 Å². The maximum Gasteiger partial charge on any atom is 0.283 e. The van der Waals surface area contributed by atoms with Crippen LogP contribution in [0.25, 0.3) is 6.08 Å². The van der Waals surface area contributed by atoms with Crippen LogP contribution in [0.3, 0.4) is 0 Å². The first-order chi connectivity index (χ1) is 16.9. The van der Waals surface area contributed by atoms with Crippen molar-refractivity contribution in [2.45, 2.75) is 40.0 Å². The molecule has 5 heteroatoms. The number of carbonyl (C=O) groups excluding carboxylic acids is 2. The molecule has 1 heterocycles. The van der Waals surface area contributed by atoms with E-state index in [1.807, 2.05) is 73.7 Å². The van der Waals surface area contributed by atoms with Gasteiger partial charge in [0, 0.05) is 5.56 Å². The predicted molar refractivity (Wildman–Crippen MR) is 147 cm³/mol. The molecule has 0 saturated heterocycles. The number of hydrogen-bond donors (Lipinski definition) is 0. The Morgan fingerprint density at radius 3 is 2.23 bits per heavy atom. The molecule has 0 aromatic heterocycles. The fourth-order valence-electron chi connectivity index (χ4n) is 3.79. The molecule has 1 amide bonds. The van der Waals surface area contributed by atoms with Crippen molar-refractivity contribution in [3.05, 3.63) is 106 Å². The van der Waals surface area contributed by atoms with Gasteiger partial charge in [0.05, 0.1) is 11.4 Å². The van der Waals surface area contributed by atoms with E-state index in [2.05, 4.69) is 37.9 Å². The molecule has 0 bridgehead atoms. The van der Waals surface area contributed by atoms with Gasteiger partial charge in [-0.15, -0.1) is 0 Å². The second-order valence-electron chi connectivity index (χ2n) is 8.98. The van der Waals surface area contributed by atoms with E-state index in [0.29, 0.717) is 22.3 Å². The molecule has 1 aliphatic heterocycles. The first-order valence-electron chi connectivity index (χ1n) is 11.9. The molecule has 0 radical (unpaired) electrons. The van der Waals surface area contributed by atoms with E-state index in [4.69, 9.17) is 0 Å². The first-order valence-corrected chi connectivity index (χ1v) is 12.9. The maximum atomic E-state index is 13.4. The average Bonchev–Trinajstić information content (AvgIpc) is 3.18. The SMILES string of the molecule is CCc1ccc(C(=O)CSC2=N/C(=C/c3ccc(C(C)C)cc3)C(=O)N2c2ccc(C)cc2)cc1. The Labute approximate surface area is 211 Å². The molecule has 4 nitrogen and oxygen atoms in total. The fourth-order valence-corrected chi connectivity index (χ4v) is 4.70. The van der Waals surface area contributed by atoms with Crippen molar-refractivity contribution in [1.29, 1.82) is 0 Å². The Morgan fingerprint density at radius 1 is 0.971 bits per heavy atom. The number of amidine groups is 1. The number of aryl methyl sites for hydroxylation is 2. The number of ketones is 1. The molecule has 3 aromatic rings. The van der Waals surface area contributed by atoms with Crippen molar-refractivity contribution in [3.8, 4) is 0 Å². The topological polar surface area (TPSA) is 49.7 Å². The number of anilines is 1. The second kappa shape index (κ2) is 10.9. The Bertz CT molecular complexity index is 1270. The van der Waals surface area contributed by atoms with Gasteiger partial charge in [-0.25, -0.2) is 4.99 Å². The lowest BCUT2D eigenvalue weighted by Gasteiger charge is -2.18. The summed E-state index contributed by atoms with van der Waals surface area (Å²) in [5.41, 5.74) is 6.25. The van der Waals surface area contributed by atoms with Gasteiger partial charge in [0.25, 0.3) is 5.91 Å². The summed E-state index contributed by atoms with van der Waals surface area (Å²) in [7, 11) is 0. The van der Waals surface area contributed by atoms with Crippen LogP contribution in [0.4, 0.5) is 5.69 Å². The molecule has 178 valence electrons. The fraction of sp³-hybridized carbons (Fsp3) is 0.233. The Morgan fingerprint density at radius 2 is 1.63 bits per heavy atom. The van der Waals surface area contributed by atoms with E-state index in [9.17, 15) is 9.59 Å². The molecule has 0 spiro atoms. The molecule has 0 N–H and O–H groups in total. The second-order valence-corrected chi connectivity index (χ2v) is 9.93. The van der Waals surface area contributed by atoms with Crippen molar-refractivity contribution >= 4 is 40.4 Å². The van der Waals surface area contributed by atoms with Gasteiger partial charge >= 0.3 is 0 Å². The smallest absolute Gasteiger partial charge is 0.283 e. The highest BCUT2D eigenvalue weighted by atomic mass is 32.2. The summed E-state index contributed by atoms with van der Waals surface area (Å²) >= 11 is 1.29. The number of nitrogens with zero attached hydrogens (tertiary/aromatic N) is 2. The molecule has 4 rings (SSSR count). The molecule has 35 heavy (non-hydrogen) atoms. The summed E-state index contributed by atoms with van der Waals surface area (Å²) in [6.07, 6.45) is 2.75. The lowest BCUT2D eigenvalue weighted by atomic mass is 10.0. The van der Waals surface area contributed by atoms with Gasteiger partial charge in [-0.1, -0.05) is 98.8 Å². The monoisotopic (exact) mass is 482 g/mol. The number of carbonyl (C=O) groups is 2. The summed E-state index contributed by atoms with van der Waals surface area (Å²) in [5.74, 6) is 0.469. The van der Waals surface area contributed by atoms with Crippen LogP contribution in [0.15, 0.2) is 83.5 Å². The third-order valence-electron chi connectivity index (χ3n) is 6.04. The molecule has 0 fully saturated rings. The summed E-state index contributed by atoms with van der Waals surface area (Å²) in [4.78, 5) is 32.5. The van der Waals surface area contributed by atoms with Gasteiger partial charge in [-0.05, 0) is 54.2 Å². The van der Waals surface area contributed by atoms with Gasteiger partial charge in [-0.3, -0.25) is 14.5 Å². The molecule has 0 saturated carbocycles. The van der Waals surface area contributed by atoms with E-state index in [1.54, 1.807) is 4.90 Å². The van der Waals surface area contributed by atoms with E-state index in [1.165, 1.54) is 22.9 Å². The molecular weight excluding hydrogens is 452 g/mol. The minimum Gasteiger partial charge on any atom is -0.293 e. The maximum absolute atomic E-state index is 13.4. The van der Waals surface area contributed by atoms with Crippen LogP contribution < -0.4 is 4.90 Å². The zero-order valence-electron chi connectivity index (χ0n) is 20.6. The third-order valence-corrected chi connectivity index (χ3v) is 6.98. The van der Waals surface area contributed by atoms with E-state index in [0.717, 1.165) is 23.2 Å². The van der Waals surface area contributed by atoms with Crippen LogP contribution in [0.2, 0.25) is 0 Å². The van der Waals surface area contributed by atoms with Crippen molar-refractivity contribution in [2.75, 3.05) is 10.7 Å². The Hall–Kier alpha value is -3.44. The summed E-state index contributed by atoms with van der Waals surface area (Å²) in [5, 5.41) is 0.516. The Balaban J connectivity index is 1.60. The van der Waals surface area contributed by atoms with Crippen LogP contribution in [0, 0.1) is 6.92 Å². The number of hydrogen-bond acceptors (Lipinski definition) is 4.